The summed E-state index contributed by atoms with van der Waals surface area (Å²) in [6, 6.07) is 0. The van der Waals surface area contributed by atoms with Gasteiger partial charge in [-0.1, -0.05) is 33.1 Å². The van der Waals surface area contributed by atoms with Crippen LogP contribution in [0.2, 0.25) is 0 Å². The van der Waals surface area contributed by atoms with E-state index in [4.69, 9.17) is 12.6 Å². The van der Waals surface area contributed by atoms with Crippen molar-refractivity contribution >= 4 is 12.6 Å². The molecular weight excluding hydrogens is 272 g/mol. The first-order chi connectivity index (χ1) is 10.1. The first kappa shape index (κ1) is 14.9. The molecule has 4 saturated carbocycles. The van der Waals surface area contributed by atoms with E-state index in [2.05, 4.69) is 13.8 Å². The minimum absolute atomic E-state index is 0.687. The minimum Gasteiger partial charge on any atom is -0.179 e. The topological polar surface area (TPSA) is 0 Å². The molecule has 0 amide bonds. The molecule has 0 bridgehead atoms. The van der Waals surface area contributed by atoms with Gasteiger partial charge in [0.2, 0.25) is 0 Å². The van der Waals surface area contributed by atoms with E-state index in [0.29, 0.717) is 10.8 Å². The maximum atomic E-state index is 4.82. The molecule has 4 rings (SSSR count). The highest BCUT2D eigenvalue weighted by molar-refractivity contribution is 7.80. The minimum atomic E-state index is 0.687. The average Bonchev–Trinajstić information content (AvgIpc) is 2.87. The predicted molar refractivity (Wildman–Crippen MR) is 93.7 cm³/mol. The van der Waals surface area contributed by atoms with Crippen LogP contribution in [0, 0.1) is 40.4 Å². The molecule has 0 aromatic heterocycles. The normalized spacial score (nSPS) is 56.4. The highest BCUT2D eigenvalue weighted by Crippen LogP contribution is 2.67. The number of hydrogen-bond donors (Lipinski definition) is 1. The van der Waals surface area contributed by atoms with Crippen LogP contribution in [0.25, 0.3) is 0 Å². The Morgan fingerprint density at radius 2 is 1.76 bits per heavy atom. The van der Waals surface area contributed by atoms with Gasteiger partial charge in [0, 0.05) is 0 Å². The van der Waals surface area contributed by atoms with Gasteiger partial charge in [-0.15, -0.1) is 0 Å². The summed E-state index contributed by atoms with van der Waals surface area (Å²) < 4.78 is 0. The molecule has 120 valence electrons. The van der Waals surface area contributed by atoms with Gasteiger partial charge in [-0.25, -0.2) is 0 Å². The fourth-order valence-electron chi connectivity index (χ4n) is 7.64. The summed E-state index contributed by atoms with van der Waals surface area (Å²) in [4.78, 5) is 0. The van der Waals surface area contributed by atoms with E-state index in [9.17, 15) is 0 Å². The fourth-order valence-corrected chi connectivity index (χ4v) is 8.03. The number of thiol groups is 1. The molecule has 4 fully saturated rings. The van der Waals surface area contributed by atoms with Crippen molar-refractivity contribution in [3.63, 3.8) is 0 Å². The van der Waals surface area contributed by atoms with Gasteiger partial charge in [-0.2, -0.15) is 12.6 Å². The molecule has 0 heterocycles. The Morgan fingerprint density at radius 3 is 2.57 bits per heavy atom. The van der Waals surface area contributed by atoms with Gasteiger partial charge in [0.1, 0.15) is 0 Å². The molecule has 0 saturated heterocycles. The molecule has 0 aliphatic heterocycles. The summed E-state index contributed by atoms with van der Waals surface area (Å²) in [5.41, 5.74) is 1.38. The molecule has 21 heavy (non-hydrogen) atoms. The fraction of sp³-hybridized carbons (Fsp3) is 1.00. The zero-order valence-corrected chi connectivity index (χ0v) is 15.0. The van der Waals surface area contributed by atoms with Crippen molar-refractivity contribution in [2.75, 3.05) is 5.75 Å². The van der Waals surface area contributed by atoms with E-state index < -0.39 is 0 Å². The third-order valence-corrected chi connectivity index (χ3v) is 9.25. The second kappa shape index (κ2) is 5.18. The van der Waals surface area contributed by atoms with Crippen LogP contribution >= 0.6 is 12.6 Å². The van der Waals surface area contributed by atoms with Gasteiger partial charge in [-0.3, -0.25) is 0 Å². The van der Waals surface area contributed by atoms with Crippen LogP contribution in [0.5, 0.6) is 0 Å². The molecule has 0 radical (unpaired) electrons. The smallest absolute Gasteiger partial charge is 0.00665 e. The standard InChI is InChI=1S/C20H34S/c1-19-9-5-7-16(19)18-14(13-21)12-15-6-3-4-10-20(15,2)17(18)8-11-19/h14-18,21H,3-13H2,1-2H3/t14?,15?,16-,17+,18-,19-,20-/m0/s1. The van der Waals surface area contributed by atoms with E-state index >= 15 is 0 Å². The highest BCUT2D eigenvalue weighted by Gasteiger charge is 2.59. The SMILES string of the molecule is C[C@@]12CCC[C@H]1[C@@H]1C(CS)CC3CCCC[C@]3(C)[C@@H]1CC2. The molecule has 0 N–H and O–H groups in total. The second-order valence-electron chi connectivity index (χ2n) is 9.50. The lowest BCUT2D eigenvalue weighted by Gasteiger charge is -2.62. The van der Waals surface area contributed by atoms with Crippen LogP contribution < -0.4 is 0 Å². The van der Waals surface area contributed by atoms with Crippen LogP contribution in [0.15, 0.2) is 0 Å². The molecule has 4 aliphatic rings. The number of rotatable bonds is 1. The second-order valence-corrected chi connectivity index (χ2v) is 9.87. The van der Waals surface area contributed by atoms with Crippen molar-refractivity contribution in [2.45, 2.75) is 78.1 Å². The van der Waals surface area contributed by atoms with E-state index in [1.54, 1.807) is 0 Å². The maximum absolute atomic E-state index is 4.82. The van der Waals surface area contributed by atoms with Crippen LogP contribution in [0.3, 0.4) is 0 Å². The third kappa shape index (κ3) is 2.08. The molecule has 2 unspecified atom stereocenters. The largest absolute Gasteiger partial charge is 0.179 e. The molecular formula is C20H34S. The predicted octanol–water partition coefficient (Wildman–Crippen LogP) is 5.97. The summed E-state index contributed by atoms with van der Waals surface area (Å²) in [6.45, 7) is 5.33. The summed E-state index contributed by atoms with van der Waals surface area (Å²) in [7, 11) is 0. The van der Waals surface area contributed by atoms with Gasteiger partial charge in [0.25, 0.3) is 0 Å². The van der Waals surface area contributed by atoms with Crippen LogP contribution in [0.4, 0.5) is 0 Å². The molecule has 7 atom stereocenters. The summed E-state index contributed by atoms with van der Waals surface area (Å²) in [5.74, 6) is 6.19. The Hall–Kier alpha value is 0.350. The van der Waals surface area contributed by atoms with Crippen LogP contribution in [-0.4, -0.2) is 5.75 Å². The van der Waals surface area contributed by atoms with Gasteiger partial charge >= 0.3 is 0 Å². The van der Waals surface area contributed by atoms with Crippen LogP contribution in [0.1, 0.15) is 78.1 Å². The van der Waals surface area contributed by atoms with Crippen molar-refractivity contribution in [2.24, 2.45) is 40.4 Å². The third-order valence-electron chi connectivity index (χ3n) is 8.78. The van der Waals surface area contributed by atoms with Gasteiger partial charge in [0.05, 0.1) is 0 Å². The average molecular weight is 307 g/mol. The van der Waals surface area contributed by atoms with E-state index in [1.165, 1.54) is 64.2 Å². The van der Waals surface area contributed by atoms with E-state index in [1.807, 2.05) is 0 Å². The monoisotopic (exact) mass is 306 g/mol. The molecule has 0 aromatic rings. The number of fused-ring (bicyclic) bond motifs is 5. The van der Waals surface area contributed by atoms with Crippen molar-refractivity contribution in [1.82, 2.24) is 0 Å². The molecule has 4 aliphatic carbocycles. The first-order valence-electron chi connectivity index (χ1n) is 9.69. The molecule has 0 nitrogen and oxygen atoms in total. The lowest BCUT2D eigenvalue weighted by Crippen LogP contribution is -2.55. The summed E-state index contributed by atoms with van der Waals surface area (Å²) in [6.07, 6.45) is 15.2. The van der Waals surface area contributed by atoms with E-state index in [-0.39, 0.29) is 0 Å². The first-order valence-corrected chi connectivity index (χ1v) is 10.3. The Morgan fingerprint density at radius 1 is 0.905 bits per heavy atom. The highest BCUT2D eigenvalue weighted by atomic mass is 32.1. The number of hydrogen-bond acceptors (Lipinski definition) is 1. The molecule has 1 heteroatoms. The molecule has 0 spiro atoms. The zero-order valence-electron chi connectivity index (χ0n) is 14.1. The Balaban J connectivity index is 1.70. The maximum Gasteiger partial charge on any atom is -0.00665 e. The van der Waals surface area contributed by atoms with Crippen molar-refractivity contribution in [3.8, 4) is 0 Å². The van der Waals surface area contributed by atoms with Crippen molar-refractivity contribution in [1.29, 1.82) is 0 Å². The van der Waals surface area contributed by atoms with Gasteiger partial charge in [0.15, 0.2) is 0 Å². The Kier molecular flexibility index (Phi) is 3.68. The lowest BCUT2D eigenvalue weighted by atomic mass is 9.43. The van der Waals surface area contributed by atoms with Gasteiger partial charge < -0.3 is 0 Å². The Bertz CT molecular complexity index is 405. The zero-order chi connectivity index (χ0) is 14.7. The molecule has 0 aromatic carbocycles. The lowest BCUT2D eigenvalue weighted by molar-refractivity contribution is -0.126. The van der Waals surface area contributed by atoms with Crippen molar-refractivity contribution < 1.29 is 0 Å². The van der Waals surface area contributed by atoms with Crippen LogP contribution in [-0.2, 0) is 0 Å². The Labute approximate surface area is 137 Å². The van der Waals surface area contributed by atoms with Gasteiger partial charge in [-0.05, 0) is 91.1 Å². The quantitative estimate of drug-likeness (QED) is 0.567. The summed E-state index contributed by atoms with van der Waals surface area (Å²) >= 11 is 4.82. The van der Waals surface area contributed by atoms with E-state index in [0.717, 1.165) is 35.3 Å². The van der Waals surface area contributed by atoms with Crippen molar-refractivity contribution in [3.05, 3.63) is 0 Å². The summed E-state index contributed by atoms with van der Waals surface area (Å²) in [5, 5.41) is 0.